The number of fused-ring (bicyclic) bond motifs is 2. The van der Waals surface area contributed by atoms with E-state index in [0.717, 1.165) is 64.4 Å². The summed E-state index contributed by atoms with van der Waals surface area (Å²) in [5.41, 5.74) is 9.55. The maximum absolute atomic E-state index is 10.9. The van der Waals surface area contributed by atoms with Crippen LogP contribution < -0.4 is 5.73 Å². The van der Waals surface area contributed by atoms with Gasteiger partial charge in [0, 0.05) is 38.4 Å². The van der Waals surface area contributed by atoms with Crippen molar-refractivity contribution in [2.24, 2.45) is 5.41 Å². The molecule has 0 saturated heterocycles. The second-order valence-corrected chi connectivity index (χ2v) is 11.3. The lowest BCUT2D eigenvalue weighted by atomic mass is 9.90. The standard InChI is InChI=1S/C14H13Cl2N.C7H12O.C6H6ClN.CO2/c1-14(2)6-5-9-12(16)10-7-8(15)3-4-11(10)17-13(9)14;1-7(2)5-3-4-6(7)8;7-5-1-3-6(8)4-2-5;2-1-3/h3-4,7H,5-6H2,1-2H3;3-5H2,1-2H3;1-4H,8H2;. The minimum Gasteiger partial charge on any atom is -0.399 e. The highest BCUT2D eigenvalue weighted by atomic mass is 35.5. The maximum atomic E-state index is 10.9. The summed E-state index contributed by atoms with van der Waals surface area (Å²) in [5.74, 6) is 0.442. The Morgan fingerprint density at radius 2 is 1.44 bits per heavy atom. The third kappa shape index (κ3) is 7.78. The summed E-state index contributed by atoms with van der Waals surface area (Å²) in [6.45, 7) is 8.51. The molecule has 2 N–H and O–H groups in total. The van der Waals surface area contributed by atoms with Crippen molar-refractivity contribution in [1.82, 2.24) is 4.98 Å². The molecule has 3 aromatic rings. The second-order valence-electron chi connectivity index (χ2n) is 10.1. The summed E-state index contributed by atoms with van der Waals surface area (Å²) in [6.07, 6.45) is 5.38. The smallest absolute Gasteiger partial charge is 0.373 e. The third-order valence-corrected chi connectivity index (χ3v) is 7.37. The molecule has 36 heavy (non-hydrogen) atoms. The van der Waals surface area contributed by atoms with Crippen LogP contribution >= 0.6 is 34.8 Å². The van der Waals surface area contributed by atoms with Crippen molar-refractivity contribution in [1.29, 1.82) is 0 Å². The number of nitrogen functional groups attached to an aromatic ring is 1. The van der Waals surface area contributed by atoms with E-state index in [1.165, 1.54) is 5.56 Å². The Kier molecular flexibility index (Phi) is 10.5. The molecule has 5 rings (SSSR count). The normalized spacial score (nSPS) is 16.4. The fraction of sp³-hybridized carbons (Fsp3) is 0.393. The Morgan fingerprint density at radius 1 is 0.861 bits per heavy atom. The highest BCUT2D eigenvalue weighted by Gasteiger charge is 2.34. The number of Topliss-reactive ketones (excluding diaryl/α,β-unsaturated/α-hetero) is 1. The van der Waals surface area contributed by atoms with Gasteiger partial charge in [-0.25, -0.2) is 0 Å². The zero-order valence-electron chi connectivity index (χ0n) is 21.0. The van der Waals surface area contributed by atoms with Crippen molar-refractivity contribution in [3.05, 3.63) is 68.8 Å². The van der Waals surface area contributed by atoms with E-state index >= 15 is 0 Å². The van der Waals surface area contributed by atoms with Crippen LogP contribution in [0.1, 0.15) is 64.6 Å². The fourth-order valence-corrected chi connectivity index (χ4v) is 4.84. The Morgan fingerprint density at radius 3 is 1.92 bits per heavy atom. The van der Waals surface area contributed by atoms with Gasteiger partial charge in [0.05, 0.1) is 16.2 Å². The highest BCUT2D eigenvalue weighted by molar-refractivity contribution is 6.37. The number of hydrogen-bond acceptors (Lipinski definition) is 5. The number of hydrogen-bond donors (Lipinski definition) is 1. The van der Waals surface area contributed by atoms with Crippen molar-refractivity contribution in [2.45, 2.75) is 65.2 Å². The lowest BCUT2D eigenvalue weighted by Crippen LogP contribution is -2.15. The van der Waals surface area contributed by atoms with Crippen LogP contribution in [0.3, 0.4) is 0 Å². The van der Waals surface area contributed by atoms with Gasteiger partial charge in [-0.1, -0.05) is 62.5 Å². The van der Waals surface area contributed by atoms with E-state index in [9.17, 15) is 4.79 Å². The molecule has 1 aromatic heterocycles. The van der Waals surface area contributed by atoms with E-state index in [2.05, 4.69) is 13.8 Å². The van der Waals surface area contributed by atoms with Gasteiger partial charge >= 0.3 is 6.15 Å². The predicted octanol–water partition coefficient (Wildman–Crippen LogP) is 7.87. The Labute approximate surface area is 227 Å². The van der Waals surface area contributed by atoms with Gasteiger partial charge in [0.25, 0.3) is 0 Å². The molecule has 2 aliphatic rings. The molecule has 2 aliphatic carbocycles. The van der Waals surface area contributed by atoms with Crippen molar-refractivity contribution in [3.8, 4) is 0 Å². The van der Waals surface area contributed by atoms with E-state index in [1.54, 1.807) is 24.3 Å². The summed E-state index contributed by atoms with van der Waals surface area (Å²) >= 11 is 18.1. The monoisotopic (exact) mass is 548 g/mol. The number of halogens is 3. The summed E-state index contributed by atoms with van der Waals surface area (Å²) in [7, 11) is 0. The first-order chi connectivity index (χ1) is 16.8. The number of rotatable bonds is 0. The summed E-state index contributed by atoms with van der Waals surface area (Å²) in [4.78, 5) is 31.9. The number of nitrogens with two attached hydrogens (primary N) is 1. The number of pyridine rings is 1. The largest absolute Gasteiger partial charge is 0.399 e. The zero-order chi connectivity index (χ0) is 27.1. The van der Waals surface area contributed by atoms with Crippen LogP contribution in [0.5, 0.6) is 0 Å². The molecular formula is C28H31Cl3N2O3. The number of carbonyl (C=O) groups is 1. The van der Waals surface area contributed by atoms with Gasteiger partial charge in [-0.15, -0.1) is 0 Å². The van der Waals surface area contributed by atoms with E-state index in [1.807, 2.05) is 32.0 Å². The molecule has 192 valence electrons. The summed E-state index contributed by atoms with van der Waals surface area (Å²) in [5, 5.41) is 3.23. The Hall–Kier alpha value is -2.43. The van der Waals surface area contributed by atoms with Gasteiger partial charge < -0.3 is 5.73 Å². The fourth-order valence-electron chi connectivity index (χ4n) is 4.21. The molecule has 0 unspecified atom stereocenters. The Bertz CT molecular complexity index is 1230. The quantitative estimate of drug-likeness (QED) is 0.288. The van der Waals surface area contributed by atoms with Gasteiger partial charge in [0.2, 0.25) is 0 Å². The van der Waals surface area contributed by atoms with Crippen molar-refractivity contribution >= 4 is 63.3 Å². The molecule has 2 aromatic carbocycles. The third-order valence-electron chi connectivity index (χ3n) is 6.45. The molecule has 5 nitrogen and oxygen atoms in total. The number of ketones is 1. The van der Waals surface area contributed by atoms with E-state index in [0.29, 0.717) is 10.8 Å². The number of anilines is 1. The number of carbonyl (C=O) groups excluding carboxylic acids is 3. The maximum Gasteiger partial charge on any atom is 0.373 e. The van der Waals surface area contributed by atoms with E-state index in [-0.39, 0.29) is 17.0 Å². The molecule has 0 amide bonds. The number of benzene rings is 2. The molecule has 8 heteroatoms. The number of nitrogens with zero attached hydrogens (tertiary/aromatic N) is 1. The molecule has 0 aliphatic heterocycles. The van der Waals surface area contributed by atoms with Gasteiger partial charge in [0.15, 0.2) is 0 Å². The first-order valence-electron chi connectivity index (χ1n) is 11.6. The van der Waals surface area contributed by atoms with Crippen molar-refractivity contribution < 1.29 is 14.4 Å². The molecule has 1 heterocycles. The molecule has 1 fully saturated rings. The highest BCUT2D eigenvalue weighted by Crippen LogP contribution is 2.43. The van der Waals surface area contributed by atoms with Crippen molar-refractivity contribution in [3.63, 3.8) is 0 Å². The first-order valence-corrected chi connectivity index (χ1v) is 12.8. The summed E-state index contributed by atoms with van der Waals surface area (Å²) < 4.78 is 0. The predicted molar refractivity (Wildman–Crippen MR) is 147 cm³/mol. The minimum absolute atomic E-state index is 0.0139. The molecule has 0 spiro atoms. The van der Waals surface area contributed by atoms with Gasteiger partial charge in [-0.05, 0) is 73.7 Å². The van der Waals surface area contributed by atoms with Crippen LogP contribution in [0.25, 0.3) is 10.9 Å². The van der Waals surface area contributed by atoms with Crippen LogP contribution in [0.4, 0.5) is 5.69 Å². The SMILES string of the molecule is CC1(C)CCCC1=O.CC1(C)CCc2c1nc1ccc(Cl)cc1c2Cl.Nc1ccc(Cl)cc1.O=C=O. The van der Waals surface area contributed by atoms with Crippen molar-refractivity contribution in [2.75, 3.05) is 5.73 Å². The molecule has 0 bridgehead atoms. The lowest BCUT2D eigenvalue weighted by Gasteiger charge is -2.18. The lowest BCUT2D eigenvalue weighted by molar-refractivity contribution is -0.191. The van der Waals surface area contributed by atoms with Crippen LogP contribution in [0, 0.1) is 5.41 Å². The van der Waals surface area contributed by atoms with Gasteiger partial charge in [-0.3, -0.25) is 9.78 Å². The molecule has 1 saturated carbocycles. The average molecular weight is 550 g/mol. The van der Waals surface area contributed by atoms with Crippen LogP contribution in [0.2, 0.25) is 15.1 Å². The van der Waals surface area contributed by atoms with Crippen LogP contribution in [0.15, 0.2) is 42.5 Å². The number of aromatic nitrogens is 1. The first kappa shape index (κ1) is 29.8. The van der Waals surface area contributed by atoms with Crippen LogP contribution in [-0.4, -0.2) is 16.9 Å². The molecular weight excluding hydrogens is 519 g/mol. The molecule has 0 radical (unpaired) electrons. The Balaban J connectivity index is 0.000000201. The van der Waals surface area contributed by atoms with E-state index in [4.69, 9.17) is 55.1 Å². The zero-order valence-corrected chi connectivity index (χ0v) is 23.2. The average Bonchev–Trinajstić information content (AvgIpc) is 3.29. The minimum atomic E-state index is 0.0139. The summed E-state index contributed by atoms with van der Waals surface area (Å²) in [6, 6.07) is 12.8. The molecule has 0 atom stereocenters. The second kappa shape index (κ2) is 12.7. The van der Waals surface area contributed by atoms with E-state index < -0.39 is 0 Å². The van der Waals surface area contributed by atoms with Gasteiger partial charge in [0.1, 0.15) is 5.78 Å². The van der Waals surface area contributed by atoms with Crippen LogP contribution in [-0.2, 0) is 26.2 Å². The van der Waals surface area contributed by atoms with Gasteiger partial charge in [-0.2, -0.15) is 9.59 Å². The topological polar surface area (TPSA) is 90.1 Å².